The van der Waals surface area contributed by atoms with Gasteiger partial charge in [-0.05, 0) is 26.7 Å². The van der Waals surface area contributed by atoms with Gasteiger partial charge in [-0.3, -0.25) is 0 Å². The van der Waals surface area contributed by atoms with Gasteiger partial charge in [-0.1, -0.05) is 6.42 Å². The van der Waals surface area contributed by atoms with E-state index in [1.165, 1.54) is 12.8 Å². The van der Waals surface area contributed by atoms with Crippen LogP contribution >= 0.6 is 0 Å². The fourth-order valence-corrected chi connectivity index (χ4v) is 4.33. The summed E-state index contributed by atoms with van der Waals surface area (Å²) in [6.45, 7) is 6.22. The molecule has 1 saturated heterocycles. The monoisotopic (exact) mass is 204 g/mol. The van der Waals surface area contributed by atoms with Crippen LogP contribution < -0.4 is 0 Å². The van der Waals surface area contributed by atoms with Crippen LogP contribution in [-0.2, 0) is 13.3 Å². The molecule has 1 aliphatic rings. The van der Waals surface area contributed by atoms with E-state index in [0.717, 1.165) is 19.1 Å². The number of hydrogen-bond acceptors (Lipinski definition) is 3. The molecule has 4 heteroatoms. The number of rotatable bonds is 4. The van der Waals surface area contributed by atoms with Crippen LogP contribution in [0.1, 0.15) is 33.1 Å². The van der Waals surface area contributed by atoms with Crippen LogP contribution in [0.25, 0.3) is 0 Å². The maximum Gasteiger partial charge on any atom is 0.500 e. The minimum absolute atomic E-state index is 0.701. The summed E-state index contributed by atoms with van der Waals surface area (Å²) in [7, 11) is -2.23. The molecular weight excluding hydrogens is 184 g/mol. The Balaban J connectivity index is 2.50. The summed E-state index contributed by atoms with van der Waals surface area (Å²) in [5, 5.41) is 0. The zero-order chi connectivity index (χ0) is 9.57. The van der Waals surface area contributed by atoms with Gasteiger partial charge in [-0.15, -0.1) is 0 Å². The van der Waals surface area contributed by atoms with Crippen molar-refractivity contribution in [2.24, 2.45) is 0 Å². The maximum absolute atomic E-state index is 5.77. The zero-order valence-electron chi connectivity index (χ0n) is 8.67. The highest BCUT2D eigenvalue weighted by Gasteiger charge is 2.40. The summed E-state index contributed by atoms with van der Waals surface area (Å²) >= 11 is 0. The summed E-state index contributed by atoms with van der Waals surface area (Å²) in [5.41, 5.74) is 0. The van der Waals surface area contributed by atoms with Gasteiger partial charge in [0.15, 0.2) is 0 Å². The molecule has 0 aromatic rings. The van der Waals surface area contributed by atoms with Crippen molar-refractivity contribution >= 4 is 8.80 Å². The molecule has 0 unspecified atom stereocenters. The molecule has 0 aromatic carbocycles. The lowest BCUT2D eigenvalue weighted by atomic mass is 10.3. The third-order valence-electron chi connectivity index (χ3n) is 2.18. The predicted molar refractivity (Wildman–Crippen MR) is 53.6 cm³/mol. The van der Waals surface area contributed by atoms with Crippen molar-refractivity contribution in [3.63, 3.8) is 0 Å². The molecule has 0 saturated carbocycles. The van der Waals surface area contributed by atoms with Gasteiger partial charge < -0.3 is 13.3 Å². The van der Waals surface area contributed by atoms with Crippen LogP contribution in [0.2, 0.25) is 6.04 Å². The first kappa shape index (κ1) is 11.2. The van der Waals surface area contributed by atoms with Gasteiger partial charge in [0.1, 0.15) is 0 Å². The second-order valence-electron chi connectivity index (χ2n) is 3.21. The van der Waals surface area contributed by atoms with Crippen LogP contribution in [-0.4, -0.2) is 28.6 Å². The fourth-order valence-electron chi connectivity index (χ4n) is 1.63. The zero-order valence-corrected chi connectivity index (χ0v) is 9.67. The lowest BCUT2D eigenvalue weighted by Gasteiger charge is -2.26. The molecule has 1 rings (SSSR count). The molecule has 78 valence electrons. The highest BCUT2D eigenvalue weighted by atomic mass is 28.4. The van der Waals surface area contributed by atoms with Crippen molar-refractivity contribution in [3.8, 4) is 0 Å². The van der Waals surface area contributed by atoms with Gasteiger partial charge in [0.25, 0.3) is 0 Å². The molecule has 0 amide bonds. The Morgan fingerprint density at radius 3 is 2.38 bits per heavy atom. The van der Waals surface area contributed by atoms with E-state index < -0.39 is 8.80 Å². The van der Waals surface area contributed by atoms with Crippen LogP contribution in [0.4, 0.5) is 0 Å². The van der Waals surface area contributed by atoms with Gasteiger partial charge in [0.2, 0.25) is 0 Å². The van der Waals surface area contributed by atoms with E-state index in [1.54, 1.807) is 0 Å². The Hall–Kier alpha value is 0.0969. The van der Waals surface area contributed by atoms with Gasteiger partial charge in [-0.25, -0.2) is 0 Å². The van der Waals surface area contributed by atoms with Gasteiger partial charge in [0.05, 0.1) is 0 Å². The Morgan fingerprint density at radius 1 is 1.08 bits per heavy atom. The summed E-state index contributed by atoms with van der Waals surface area (Å²) in [5.74, 6) is 0. The molecule has 13 heavy (non-hydrogen) atoms. The fraction of sp³-hybridized carbons (Fsp3) is 1.00. The molecule has 0 radical (unpaired) electrons. The second kappa shape index (κ2) is 5.75. The third-order valence-corrected chi connectivity index (χ3v) is 5.24. The molecule has 0 atom stereocenters. The van der Waals surface area contributed by atoms with Crippen LogP contribution in [0.3, 0.4) is 0 Å². The van der Waals surface area contributed by atoms with E-state index in [9.17, 15) is 0 Å². The van der Waals surface area contributed by atoms with Crippen molar-refractivity contribution in [1.29, 1.82) is 0 Å². The first-order chi connectivity index (χ1) is 6.33. The summed E-state index contributed by atoms with van der Waals surface area (Å²) in [6.07, 6.45) is 3.58. The van der Waals surface area contributed by atoms with Gasteiger partial charge in [0, 0.05) is 25.9 Å². The first-order valence-electron chi connectivity index (χ1n) is 5.25. The Kier molecular flexibility index (Phi) is 4.94. The average molecular weight is 204 g/mol. The lowest BCUT2D eigenvalue weighted by Crippen LogP contribution is -2.45. The molecule has 1 heterocycles. The van der Waals surface area contributed by atoms with Crippen molar-refractivity contribution in [2.75, 3.05) is 19.8 Å². The van der Waals surface area contributed by atoms with Crippen LogP contribution in [0, 0.1) is 0 Å². The molecule has 1 aliphatic heterocycles. The van der Waals surface area contributed by atoms with E-state index >= 15 is 0 Å². The largest absolute Gasteiger partial charge is 0.500 e. The third kappa shape index (κ3) is 3.38. The van der Waals surface area contributed by atoms with Crippen molar-refractivity contribution < 1.29 is 13.3 Å². The summed E-state index contributed by atoms with van der Waals surface area (Å²) in [6, 6.07) is 0.995. The average Bonchev–Trinajstić information content (AvgIpc) is 2.32. The van der Waals surface area contributed by atoms with E-state index in [-0.39, 0.29) is 0 Å². The van der Waals surface area contributed by atoms with Crippen molar-refractivity contribution in [2.45, 2.75) is 39.2 Å². The van der Waals surface area contributed by atoms with E-state index in [1.807, 2.05) is 13.8 Å². The van der Waals surface area contributed by atoms with E-state index in [0.29, 0.717) is 13.2 Å². The normalized spacial score (nSPS) is 22.6. The van der Waals surface area contributed by atoms with Crippen molar-refractivity contribution in [3.05, 3.63) is 0 Å². The Bertz CT molecular complexity index is 125. The summed E-state index contributed by atoms with van der Waals surface area (Å²) < 4.78 is 17.1. The molecule has 0 spiro atoms. The standard InChI is InChI=1S/C9H20O3Si/c1-3-10-13(11-4-2)9-7-5-6-8-12-13/h3-9H2,1-2H3. The Morgan fingerprint density at radius 2 is 1.77 bits per heavy atom. The highest BCUT2D eigenvalue weighted by molar-refractivity contribution is 6.60. The van der Waals surface area contributed by atoms with Crippen molar-refractivity contribution in [1.82, 2.24) is 0 Å². The van der Waals surface area contributed by atoms with E-state index in [2.05, 4.69) is 0 Å². The topological polar surface area (TPSA) is 27.7 Å². The van der Waals surface area contributed by atoms with Crippen LogP contribution in [0.15, 0.2) is 0 Å². The lowest BCUT2D eigenvalue weighted by molar-refractivity contribution is 0.0716. The highest BCUT2D eigenvalue weighted by Crippen LogP contribution is 2.23. The SMILES string of the molecule is CCO[Si]1(OCC)CCCCCO1. The second-order valence-corrected chi connectivity index (χ2v) is 5.94. The smallest absolute Gasteiger partial charge is 0.374 e. The molecule has 3 nitrogen and oxygen atoms in total. The summed E-state index contributed by atoms with van der Waals surface area (Å²) in [4.78, 5) is 0. The molecular formula is C9H20O3Si. The quantitative estimate of drug-likeness (QED) is 0.657. The first-order valence-corrected chi connectivity index (χ1v) is 7.18. The molecule has 0 N–H and O–H groups in total. The minimum Gasteiger partial charge on any atom is -0.374 e. The minimum atomic E-state index is -2.23. The molecule has 0 bridgehead atoms. The van der Waals surface area contributed by atoms with Crippen LogP contribution in [0.5, 0.6) is 0 Å². The number of hydrogen-bond donors (Lipinski definition) is 0. The van der Waals surface area contributed by atoms with Gasteiger partial charge >= 0.3 is 8.80 Å². The van der Waals surface area contributed by atoms with E-state index in [4.69, 9.17) is 13.3 Å². The molecule has 1 fully saturated rings. The molecule has 0 aromatic heterocycles. The molecule has 0 aliphatic carbocycles. The van der Waals surface area contributed by atoms with Gasteiger partial charge in [-0.2, -0.15) is 0 Å². The maximum atomic E-state index is 5.77. The Labute approximate surface area is 81.7 Å². The predicted octanol–water partition coefficient (Wildman–Crippen LogP) is 2.20.